The molecule has 1 aliphatic rings. The summed E-state index contributed by atoms with van der Waals surface area (Å²) in [6.07, 6.45) is 5.76. The Kier molecular flexibility index (Phi) is 4.33. The molecule has 1 atom stereocenters. The van der Waals surface area contributed by atoms with Crippen molar-refractivity contribution in [2.75, 3.05) is 6.61 Å². The molecular formula is C19H26N2O2. The molecule has 1 heterocycles. The Hall–Kier alpha value is -1.97. The molecule has 4 nitrogen and oxygen atoms in total. The first kappa shape index (κ1) is 15.9. The second-order valence-corrected chi connectivity index (χ2v) is 7.10. The van der Waals surface area contributed by atoms with Crippen LogP contribution in [0.5, 0.6) is 5.75 Å². The molecule has 0 saturated heterocycles. The van der Waals surface area contributed by atoms with Crippen molar-refractivity contribution >= 4 is 16.8 Å². The van der Waals surface area contributed by atoms with E-state index in [1.807, 2.05) is 31.3 Å². The van der Waals surface area contributed by atoms with Crippen molar-refractivity contribution in [2.45, 2.75) is 52.5 Å². The summed E-state index contributed by atoms with van der Waals surface area (Å²) in [5.74, 6) is 0.937. The molecule has 1 aromatic carbocycles. The van der Waals surface area contributed by atoms with Crippen LogP contribution in [-0.4, -0.2) is 23.5 Å². The van der Waals surface area contributed by atoms with Crippen LogP contribution >= 0.6 is 0 Å². The third-order valence-corrected chi connectivity index (χ3v) is 4.99. The normalized spacial score (nSPS) is 19.9. The number of benzene rings is 1. The lowest BCUT2D eigenvalue weighted by atomic mass is 9.87. The van der Waals surface area contributed by atoms with Gasteiger partial charge >= 0.3 is 0 Å². The van der Waals surface area contributed by atoms with Crippen molar-refractivity contribution in [3.63, 3.8) is 0 Å². The van der Waals surface area contributed by atoms with Crippen LogP contribution in [0, 0.1) is 5.41 Å². The number of fused-ring (bicyclic) bond motifs is 1. The van der Waals surface area contributed by atoms with E-state index in [2.05, 4.69) is 24.1 Å². The minimum absolute atomic E-state index is 0.0946. The first-order valence-electron chi connectivity index (χ1n) is 8.52. The molecule has 2 N–H and O–H groups in total. The topological polar surface area (TPSA) is 54.1 Å². The monoisotopic (exact) mass is 314 g/mol. The van der Waals surface area contributed by atoms with Crippen molar-refractivity contribution in [3.05, 3.63) is 30.0 Å². The van der Waals surface area contributed by atoms with Crippen molar-refractivity contribution in [1.29, 1.82) is 0 Å². The standard InChI is InChI=1S/C19H26N2O2/c1-4-23-15-8-5-7-14-18(15)13(12-20-14)11-17(22)21-16-9-6-10-19(16,2)3/h5,7-8,12,16,20H,4,6,9-11H2,1-3H3,(H,21,22). The van der Waals surface area contributed by atoms with Crippen molar-refractivity contribution in [1.82, 2.24) is 10.3 Å². The number of hydrogen-bond donors (Lipinski definition) is 2. The molecule has 0 aliphatic heterocycles. The highest BCUT2D eigenvalue weighted by Crippen LogP contribution is 2.37. The fourth-order valence-electron chi connectivity index (χ4n) is 3.65. The van der Waals surface area contributed by atoms with Gasteiger partial charge in [-0.3, -0.25) is 4.79 Å². The predicted octanol–water partition coefficient (Wildman–Crippen LogP) is 3.80. The highest BCUT2D eigenvalue weighted by Gasteiger charge is 2.35. The molecule has 0 spiro atoms. The summed E-state index contributed by atoms with van der Waals surface area (Å²) in [4.78, 5) is 15.7. The zero-order valence-electron chi connectivity index (χ0n) is 14.2. The smallest absolute Gasteiger partial charge is 0.224 e. The Labute approximate surface area is 137 Å². The molecule has 2 aromatic rings. The Balaban J connectivity index is 1.77. The third kappa shape index (κ3) is 3.21. The number of ether oxygens (including phenoxy) is 1. The molecule has 23 heavy (non-hydrogen) atoms. The molecule has 1 fully saturated rings. The largest absolute Gasteiger partial charge is 0.493 e. The predicted molar refractivity (Wildman–Crippen MR) is 92.7 cm³/mol. The maximum absolute atomic E-state index is 12.5. The number of nitrogens with one attached hydrogen (secondary N) is 2. The van der Waals surface area contributed by atoms with Gasteiger partial charge in [-0.05, 0) is 42.9 Å². The van der Waals surface area contributed by atoms with E-state index in [0.717, 1.165) is 28.6 Å². The fourth-order valence-corrected chi connectivity index (χ4v) is 3.65. The minimum Gasteiger partial charge on any atom is -0.493 e. The summed E-state index contributed by atoms with van der Waals surface area (Å²) >= 11 is 0. The van der Waals surface area contributed by atoms with Gasteiger partial charge in [0.15, 0.2) is 0 Å². The molecule has 1 aromatic heterocycles. The van der Waals surface area contributed by atoms with Gasteiger partial charge in [-0.2, -0.15) is 0 Å². The van der Waals surface area contributed by atoms with E-state index in [9.17, 15) is 4.79 Å². The summed E-state index contributed by atoms with van der Waals surface area (Å²) in [6.45, 7) is 7.07. The Morgan fingerprint density at radius 2 is 2.26 bits per heavy atom. The van der Waals surface area contributed by atoms with E-state index in [1.165, 1.54) is 12.8 Å². The van der Waals surface area contributed by atoms with E-state index < -0.39 is 0 Å². The van der Waals surface area contributed by atoms with E-state index in [1.54, 1.807) is 0 Å². The van der Waals surface area contributed by atoms with Gasteiger partial charge in [-0.1, -0.05) is 26.3 Å². The molecule has 1 amide bonds. The number of rotatable bonds is 5. The van der Waals surface area contributed by atoms with Crippen LogP contribution < -0.4 is 10.1 Å². The van der Waals surface area contributed by atoms with Gasteiger partial charge in [0.25, 0.3) is 0 Å². The molecule has 0 radical (unpaired) electrons. The first-order valence-corrected chi connectivity index (χ1v) is 8.52. The van der Waals surface area contributed by atoms with Gasteiger partial charge < -0.3 is 15.0 Å². The van der Waals surface area contributed by atoms with Crippen LogP contribution in [0.2, 0.25) is 0 Å². The van der Waals surface area contributed by atoms with E-state index in [4.69, 9.17) is 4.74 Å². The Bertz CT molecular complexity index is 702. The van der Waals surface area contributed by atoms with Crippen LogP contribution in [0.25, 0.3) is 10.9 Å². The zero-order valence-corrected chi connectivity index (χ0v) is 14.2. The lowest BCUT2D eigenvalue weighted by Crippen LogP contribution is -2.42. The molecule has 0 bridgehead atoms. The molecular weight excluding hydrogens is 288 g/mol. The molecule has 4 heteroatoms. The average molecular weight is 314 g/mol. The minimum atomic E-state index is 0.0946. The number of aromatic amines is 1. The van der Waals surface area contributed by atoms with Crippen LogP contribution in [0.3, 0.4) is 0 Å². The molecule has 3 rings (SSSR count). The molecule has 1 saturated carbocycles. The fraction of sp³-hybridized carbons (Fsp3) is 0.526. The summed E-state index contributed by atoms with van der Waals surface area (Å²) in [5, 5.41) is 4.25. The van der Waals surface area contributed by atoms with Crippen LogP contribution in [0.1, 0.15) is 45.6 Å². The zero-order chi connectivity index (χ0) is 16.4. The van der Waals surface area contributed by atoms with Crippen LogP contribution in [-0.2, 0) is 11.2 Å². The first-order chi connectivity index (χ1) is 11.0. The van der Waals surface area contributed by atoms with Gasteiger partial charge in [0.1, 0.15) is 5.75 Å². The summed E-state index contributed by atoms with van der Waals surface area (Å²) < 4.78 is 5.71. The lowest BCUT2D eigenvalue weighted by Gasteiger charge is -2.27. The van der Waals surface area contributed by atoms with Crippen molar-refractivity contribution < 1.29 is 9.53 Å². The van der Waals surface area contributed by atoms with Gasteiger partial charge in [0.05, 0.1) is 13.0 Å². The molecule has 1 aliphatic carbocycles. The Morgan fingerprint density at radius 1 is 1.43 bits per heavy atom. The number of carbonyl (C=O) groups is 1. The molecule has 124 valence electrons. The second kappa shape index (κ2) is 6.26. The number of aromatic nitrogens is 1. The summed E-state index contributed by atoms with van der Waals surface area (Å²) in [5.41, 5.74) is 2.21. The second-order valence-electron chi connectivity index (χ2n) is 7.10. The van der Waals surface area contributed by atoms with Gasteiger partial charge in [0, 0.05) is 23.1 Å². The maximum atomic E-state index is 12.5. The van der Waals surface area contributed by atoms with Crippen LogP contribution in [0.4, 0.5) is 0 Å². The number of H-pyrrole nitrogens is 1. The number of hydrogen-bond acceptors (Lipinski definition) is 2. The highest BCUT2D eigenvalue weighted by atomic mass is 16.5. The molecule has 1 unspecified atom stereocenters. The van der Waals surface area contributed by atoms with E-state index >= 15 is 0 Å². The van der Waals surface area contributed by atoms with Crippen molar-refractivity contribution in [3.8, 4) is 5.75 Å². The average Bonchev–Trinajstić information content (AvgIpc) is 3.04. The van der Waals surface area contributed by atoms with Gasteiger partial charge in [-0.25, -0.2) is 0 Å². The van der Waals surface area contributed by atoms with Crippen LogP contribution in [0.15, 0.2) is 24.4 Å². The number of carbonyl (C=O) groups excluding carboxylic acids is 1. The Morgan fingerprint density at radius 3 is 2.96 bits per heavy atom. The maximum Gasteiger partial charge on any atom is 0.224 e. The van der Waals surface area contributed by atoms with E-state index in [0.29, 0.717) is 13.0 Å². The van der Waals surface area contributed by atoms with Crippen molar-refractivity contribution in [2.24, 2.45) is 5.41 Å². The van der Waals surface area contributed by atoms with E-state index in [-0.39, 0.29) is 17.4 Å². The summed E-state index contributed by atoms with van der Waals surface area (Å²) in [6, 6.07) is 6.22. The quantitative estimate of drug-likeness (QED) is 0.882. The highest BCUT2D eigenvalue weighted by molar-refractivity contribution is 5.93. The third-order valence-electron chi connectivity index (χ3n) is 4.99. The lowest BCUT2D eigenvalue weighted by molar-refractivity contribution is -0.121. The SMILES string of the molecule is CCOc1cccc2[nH]cc(CC(=O)NC3CCCC3(C)C)c12. The van der Waals surface area contributed by atoms with Gasteiger partial charge in [-0.15, -0.1) is 0 Å². The summed E-state index contributed by atoms with van der Waals surface area (Å²) in [7, 11) is 0. The van der Waals surface area contributed by atoms with Gasteiger partial charge in [0.2, 0.25) is 5.91 Å². The number of amides is 1.